The van der Waals surface area contributed by atoms with Crippen LogP contribution in [-0.2, 0) is 6.42 Å². The quantitative estimate of drug-likeness (QED) is 0.556. The van der Waals surface area contributed by atoms with Crippen LogP contribution in [0.4, 0.5) is 0 Å². The number of thiazole rings is 1. The fourth-order valence-electron chi connectivity index (χ4n) is 1.39. The van der Waals surface area contributed by atoms with E-state index < -0.39 is 5.97 Å². The SMILES string of the molecule is Cc1ncsc1CCOc1nnccc1C(=O)[O-].[K+]. The number of aromatic nitrogens is 3. The Morgan fingerprint density at radius 2 is 2.32 bits per heavy atom. The molecule has 0 aromatic carbocycles. The Kier molecular flexibility index (Phi) is 7.04. The molecule has 0 radical (unpaired) electrons. The predicted molar refractivity (Wildman–Crippen MR) is 62.4 cm³/mol. The van der Waals surface area contributed by atoms with Crippen LogP contribution in [0.5, 0.6) is 5.88 Å². The molecule has 19 heavy (non-hydrogen) atoms. The summed E-state index contributed by atoms with van der Waals surface area (Å²) in [5.41, 5.74) is 2.63. The maximum Gasteiger partial charge on any atom is 1.00 e. The van der Waals surface area contributed by atoms with Crippen LogP contribution in [0.25, 0.3) is 0 Å². The van der Waals surface area contributed by atoms with Crippen molar-refractivity contribution < 1.29 is 66.0 Å². The molecule has 0 saturated heterocycles. The van der Waals surface area contributed by atoms with E-state index in [1.807, 2.05) is 6.92 Å². The van der Waals surface area contributed by atoms with Gasteiger partial charge in [-0.25, -0.2) is 4.98 Å². The molecule has 0 amide bonds. The van der Waals surface area contributed by atoms with Gasteiger partial charge in [0, 0.05) is 11.3 Å². The topological polar surface area (TPSA) is 88.0 Å². The van der Waals surface area contributed by atoms with Gasteiger partial charge in [-0.15, -0.1) is 16.4 Å². The second-order valence-electron chi connectivity index (χ2n) is 3.50. The number of ether oxygens (including phenoxy) is 1. The van der Waals surface area contributed by atoms with Gasteiger partial charge in [-0.1, -0.05) is 0 Å². The van der Waals surface area contributed by atoms with Crippen molar-refractivity contribution in [3.05, 3.63) is 33.9 Å². The Hall–Kier alpha value is -0.384. The van der Waals surface area contributed by atoms with Crippen LogP contribution < -0.4 is 61.2 Å². The number of carbonyl (C=O) groups excluding carboxylic acids is 1. The van der Waals surface area contributed by atoms with E-state index in [4.69, 9.17) is 4.74 Å². The zero-order valence-corrected chi connectivity index (χ0v) is 14.6. The minimum absolute atomic E-state index is 0. The normalized spacial score (nSPS) is 9.74. The van der Waals surface area contributed by atoms with Crippen LogP contribution >= 0.6 is 11.3 Å². The summed E-state index contributed by atoms with van der Waals surface area (Å²) < 4.78 is 5.31. The molecule has 0 aliphatic carbocycles. The van der Waals surface area contributed by atoms with Crippen molar-refractivity contribution >= 4 is 17.3 Å². The third kappa shape index (κ3) is 4.58. The number of carboxylic acids is 1. The summed E-state index contributed by atoms with van der Waals surface area (Å²) in [5, 5.41) is 18.0. The number of nitrogens with zero attached hydrogens (tertiary/aromatic N) is 3. The van der Waals surface area contributed by atoms with E-state index in [0.717, 1.165) is 10.6 Å². The fraction of sp³-hybridized carbons (Fsp3) is 0.273. The molecule has 0 N–H and O–H groups in total. The van der Waals surface area contributed by atoms with E-state index in [0.29, 0.717) is 13.0 Å². The number of aryl methyl sites for hydroxylation is 1. The van der Waals surface area contributed by atoms with Crippen LogP contribution in [0.1, 0.15) is 20.9 Å². The summed E-state index contributed by atoms with van der Waals surface area (Å²) in [4.78, 5) is 16.0. The van der Waals surface area contributed by atoms with Crippen LogP contribution in [0, 0.1) is 6.92 Å². The summed E-state index contributed by atoms with van der Waals surface area (Å²) in [5.74, 6) is -1.34. The average Bonchev–Trinajstić information content (AvgIpc) is 2.76. The molecule has 0 atom stereocenters. The van der Waals surface area contributed by atoms with Gasteiger partial charge in [0.1, 0.15) is 0 Å². The molecule has 6 nitrogen and oxygen atoms in total. The molecular formula is C11H10KN3O3S. The minimum atomic E-state index is -1.33. The van der Waals surface area contributed by atoms with E-state index in [1.165, 1.54) is 23.6 Å². The van der Waals surface area contributed by atoms with Crippen LogP contribution in [0.2, 0.25) is 0 Å². The van der Waals surface area contributed by atoms with Gasteiger partial charge in [0.25, 0.3) is 0 Å². The maximum atomic E-state index is 10.8. The number of hydrogen-bond acceptors (Lipinski definition) is 7. The molecule has 94 valence electrons. The van der Waals surface area contributed by atoms with Crippen LogP contribution in [0.15, 0.2) is 17.8 Å². The molecule has 0 aliphatic rings. The second-order valence-corrected chi connectivity index (χ2v) is 4.44. The van der Waals surface area contributed by atoms with Gasteiger partial charge in [0.05, 0.1) is 35.5 Å². The molecule has 0 saturated carbocycles. The Balaban J connectivity index is 0.00000180. The third-order valence-corrected chi connectivity index (χ3v) is 3.31. The first kappa shape index (κ1) is 16.7. The van der Waals surface area contributed by atoms with Crippen LogP contribution in [-0.4, -0.2) is 27.8 Å². The number of aromatic carboxylic acids is 1. The van der Waals surface area contributed by atoms with Gasteiger partial charge in [-0.3, -0.25) is 0 Å². The predicted octanol–water partition coefficient (Wildman–Crippen LogP) is -2.77. The molecule has 0 unspecified atom stereocenters. The van der Waals surface area contributed by atoms with Crippen molar-refractivity contribution in [2.24, 2.45) is 0 Å². The van der Waals surface area contributed by atoms with E-state index in [-0.39, 0.29) is 62.8 Å². The van der Waals surface area contributed by atoms with Crippen molar-refractivity contribution in [3.63, 3.8) is 0 Å². The van der Waals surface area contributed by atoms with Crippen molar-refractivity contribution in [1.29, 1.82) is 0 Å². The van der Waals surface area contributed by atoms with Crippen molar-refractivity contribution in [2.45, 2.75) is 13.3 Å². The molecule has 0 spiro atoms. The van der Waals surface area contributed by atoms with Crippen molar-refractivity contribution in [2.75, 3.05) is 6.61 Å². The average molecular weight is 303 g/mol. The first-order valence-corrected chi connectivity index (χ1v) is 6.11. The monoisotopic (exact) mass is 303 g/mol. The summed E-state index contributed by atoms with van der Waals surface area (Å²) in [6.45, 7) is 2.24. The molecule has 0 aliphatic heterocycles. The van der Waals surface area contributed by atoms with Crippen molar-refractivity contribution in [3.8, 4) is 5.88 Å². The standard InChI is InChI=1S/C11H11N3O3S.K/c1-7-9(18-6-12-7)3-5-17-10-8(11(15)16)2-4-13-14-10;/h2,4,6H,3,5H2,1H3,(H,15,16);/q;+1/p-1. The van der Waals surface area contributed by atoms with E-state index >= 15 is 0 Å². The molecule has 2 heterocycles. The number of rotatable bonds is 5. The van der Waals surface area contributed by atoms with Gasteiger partial charge in [-0.2, -0.15) is 5.10 Å². The first-order valence-electron chi connectivity index (χ1n) is 5.23. The largest absolute Gasteiger partial charge is 1.00 e. The van der Waals surface area contributed by atoms with E-state index in [1.54, 1.807) is 5.51 Å². The van der Waals surface area contributed by atoms with E-state index in [2.05, 4.69) is 15.2 Å². The molecule has 0 fully saturated rings. The Labute approximate surface area is 156 Å². The molecule has 2 aromatic rings. The maximum absolute atomic E-state index is 10.8. The molecule has 0 bridgehead atoms. The van der Waals surface area contributed by atoms with Crippen LogP contribution in [0.3, 0.4) is 0 Å². The van der Waals surface area contributed by atoms with Gasteiger partial charge < -0.3 is 14.6 Å². The number of carboxylic acid groups (broad SMARTS) is 1. The van der Waals surface area contributed by atoms with E-state index in [9.17, 15) is 9.90 Å². The fourth-order valence-corrected chi connectivity index (χ4v) is 2.15. The zero-order chi connectivity index (χ0) is 13.0. The zero-order valence-electron chi connectivity index (χ0n) is 10.6. The van der Waals surface area contributed by atoms with Crippen molar-refractivity contribution in [1.82, 2.24) is 15.2 Å². The molecule has 2 aromatic heterocycles. The van der Waals surface area contributed by atoms with Gasteiger partial charge in [0.15, 0.2) is 0 Å². The molecular weight excluding hydrogens is 293 g/mol. The smallest absolute Gasteiger partial charge is 0.545 e. The molecule has 2 rings (SSSR count). The van der Waals surface area contributed by atoms with Gasteiger partial charge >= 0.3 is 51.4 Å². The summed E-state index contributed by atoms with van der Waals surface area (Å²) >= 11 is 1.54. The van der Waals surface area contributed by atoms with Gasteiger partial charge in [0.2, 0.25) is 5.88 Å². The Morgan fingerprint density at radius 3 is 2.95 bits per heavy atom. The minimum Gasteiger partial charge on any atom is -0.545 e. The number of carbonyl (C=O) groups is 1. The summed E-state index contributed by atoms with van der Waals surface area (Å²) in [6, 6.07) is 1.30. The summed E-state index contributed by atoms with van der Waals surface area (Å²) in [7, 11) is 0. The Bertz CT molecular complexity index is 562. The first-order chi connectivity index (χ1) is 8.68. The third-order valence-electron chi connectivity index (χ3n) is 2.32. The molecule has 8 heteroatoms. The van der Waals surface area contributed by atoms with Gasteiger partial charge in [-0.05, 0) is 13.0 Å². The second kappa shape index (κ2) is 8.03. The number of hydrogen-bond donors (Lipinski definition) is 0. The Morgan fingerprint density at radius 1 is 1.53 bits per heavy atom. The summed E-state index contributed by atoms with van der Waals surface area (Å²) in [6.07, 6.45) is 1.94.